The number of carbonyl (C=O) groups is 1. The molecule has 0 aliphatic carbocycles. The molecule has 4 aliphatic rings. The molecule has 4 fully saturated rings. The van der Waals surface area contributed by atoms with E-state index in [1.807, 2.05) is 81.3 Å². The van der Waals surface area contributed by atoms with E-state index in [1.54, 1.807) is 7.11 Å². The minimum absolute atomic E-state index is 0.0819. The standard InChI is InChI=1S/C38H69NO10/c1-19-17-38(12)33(48-35-29(40)27(39(13)14)16-20(2)44-35)22(4)31(47-28-18-37(11,43-15)24(6)25(7)45-28)23(5)34(42)46-26(8)36(9,10)32(41)21(3)30(19)49-38/h19-33,35,40-41H,16-18H2,1-15H3/t19?,20-,21+,22+,23-,24?,25+,26?,27?,28?,29?,30?,31?,32?,33?,35?,37?,38?/m1/s1. The van der Waals surface area contributed by atoms with Crippen LogP contribution in [0.5, 0.6) is 0 Å². The maximum Gasteiger partial charge on any atom is 0.311 e. The molecule has 2 bridgehead atoms. The predicted molar refractivity (Wildman–Crippen MR) is 186 cm³/mol. The van der Waals surface area contributed by atoms with E-state index in [0.717, 1.165) is 0 Å². The lowest BCUT2D eigenvalue weighted by Crippen LogP contribution is -2.59. The van der Waals surface area contributed by atoms with Gasteiger partial charge in [-0.25, -0.2) is 0 Å². The zero-order chi connectivity index (χ0) is 37.0. The van der Waals surface area contributed by atoms with Gasteiger partial charge in [-0.15, -0.1) is 0 Å². The number of cyclic esters (lactones) is 1. The van der Waals surface area contributed by atoms with E-state index < -0.39 is 77.5 Å². The van der Waals surface area contributed by atoms with Crippen molar-refractivity contribution in [2.24, 2.45) is 35.0 Å². The van der Waals surface area contributed by atoms with Crippen LogP contribution >= 0.6 is 0 Å². The van der Waals surface area contributed by atoms with Crippen LogP contribution in [0, 0.1) is 35.0 Å². The molecule has 286 valence electrons. The molecular formula is C38H69NO10. The number of rotatable bonds is 6. The summed E-state index contributed by atoms with van der Waals surface area (Å²) in [6.45, 7) is 24.0. The van der Waals surface area contributed by atoms with Crippen molar-refractivity contribution in [1.82, 2.24) is 4.90 Å². The zero-order valence-corrected chi connectivity index (χ0v) is 33.0. The number of fused-ring (bicyclic) bond motifs is 2. The lowest BCUT2D eigenvalue weighted by atomic mass is 9.72. The number of aliphatic hydroxyl groups is 2. The van der Waals surface area contributed by atoms with E-state index >= 15 is 0 Å². The number of hydrogen-bond donors (Lipinski definition) is 2. The fourth-order valence-corrected chi connectivity index (χ4v) is 9.14. The zero-order valence-electron chi connectivity index (χ0n) is 33.0. The number of carbonyl (C=O) groups excluding carboxylic acids is 1. The summed E-state index contributed by atoms with van der Waals surface area (Å²) in [6.07, 6.45) is -4.19. The van der Waals surface area contributed by atoms with Crippen molar-refractivity contribution in [3.8, 4) is 0 Å². The average molecular weight is 700 g/mol. The van der Waals surface area contributed by atoms with Gasteiger partial charge in [-0.1, -0.05) is 41.5 Å². The van der Waals surface area contributed by atoms with E-state index in [9.17, 15) is 15.0 Å². The second kappa shape index (κ2) is 15.2. The Morgan fingerprint density at radius 2 is 1.51 bits per heavy atom. The van der Waals surface area contributed by atoms with Gasteiger partial charge in [0, 0.05) is 42.7 Å². The molecule has 0 amide bonds. The van der Waals surface area contributed by atoms with Gasteiger partial charge in [0.1, 0.15) is 12.2 Å². The molecule has 0 aromatic rings. The number of methoxy groups -OCH3 is 1. The number of esters is 1. The molecule has 4 rings (SSSR count). The van der Waals surface area contributed by atoms with Crippen LogP contribution in [-0.2, 0) is 38.0 Å². The summed E-state index contributed by atoms with van der Waals surface area (Å²) >= 11 is 0. The van der Waals surface area contributed by atoms with Gasteiger partial charge < -0.3 is 48.3 Å². The minimum Gasteiger partial charge on any atom is -0.462 e. The molecular weight excluding hydrogens is 630 g/mol. The van der Waals surface area contributed by atoms with Gasteiger partial charge in [-0.2, -0.15) is 0 Å². The molecule has 49 heavy (non-hydrogen) atoms. The monoisotopic (exact) mass is 699 g/mol. The Morgan fingerprint density at radius 1 is 0.878 bits per heavy atom. The molecule has 0 aromatic heterocycles. The third kappa shape index (κ3) is 8.05. The van der Waals surface area contributed by atoms with Gasteiger partial charge in [0.25, 0.3) is 0 Å². The van der Waals surface area contributed by atoms with Gasteiger partial charge in [-0.3, -0.25) is 4.79 Å². The summed E-state index contributed by atoms with van der Waals surface area (Å²) in [6, 6.07) is -0.173. The Morgan fingerprint density at radius 3 is 2.10 bits per heavy atom. The van der Waals surface area contributed by atoms with Crippen molar-refractivity contribution in [2.45, 2.75) is 181 Å². The first-order valence-corrected chi connectivity index (χ1v) is 18.7. The topological polar surface area (TPSA) is 125 Å². The van der Waals surface area contributed by atoms with E-state index in [4.69, 9.17) is 33.2 Å². The number of ether oxygens (including phenoxy) is 7. The van der Waals surface area contributed by atoms with Gasteiger partial charge in [0.15, 0.2) is 12.6 Å². The van der Waals surface area contributed by atoms with Gasteiger partial charge in [0.05, 0.1) is 53.7 Å². The first-order chi connectivity index (χ1) is 22.6. The van der Waals surface area contributed by atoms with Gasteiger partial charge in [0.2, 0.25) is 0 Å². The molecule has 0 aromatic carbocycles. The third-order valence-electron chi connectivity index (χ3n) is 13.2. The number of likely N-dealkylation sites (N-methyl/N-ethyl adjacent to an activating group) is 1. The Balaban J connectivity index is 1.82. The Bertz CT molecular complexity index is 1120. The summed E-state index contributed by atoms with van der Waals surface area (Å²) in [5, 5.41) is 23.4. The maximum absolute atomic E-state index is 14.1. The Labute approximate surface area is 296 Å². The highest BCUT2D eigenvalue weighted by molar-refractivity contribution is 5.73. The molecule has 4 saturated heterocycles. The molecule has 11 nitrogen and oxygen atoms in total. The Hall–Kier alpha value is -0.890. The first kappa shape index (κ1) is 40.9. The van der Waals surface area contributed by atoms with Crippen LogP contribution in [-0.4, -0.2) is 121 Å². The summed E-state index contributed by atoms with van der Waals surface area (Å²) in [4.78, 5) is 16.1. The van der Waals surface area contributed by atoms with Crippen molar-refractivity contribution < 1.29 is 48.2 Å². The largest absolute Gasteiger partial charge is 0.462 e. The predicted octanol–water partition coefficient (Wildman–Crippen LogP) is 4.78. The smallest absolute Gasteiger partial charge is 0.311 e. The highest BCUT2D eigenvalue weighted by atomic mass is 16.7. The fourth-order valence-electron chi connectivity index (χ4n) is 9.14. The van der Waals surface area contributed by atoms with Crippen molar-refractivity contribution in [3.05, 3.63) is 0 Å². The van der Waals surface area contributed by atoms with Crippen molar-refractivity contribution in [1.29, 1.82) is 0 Å². The van der Waals surface area contributed by atoms with Crippen LogP contribution in [0.15, 0.2) is 0 Å². The van der Waals surface area contributed by atoms with E-state index in [-0.39, 0.29) is 42.1 Å². The normalized spacial score (nSPS) is 51.4. The van der Waals surface area contributed by atoms with Crippen LogP contribution in [0.25, 0.3) is 0 Å². The molecule has 4 aliphatic heterocycles. The summed E-state index contributed by atoms with van der Waals surface area (Å²) in [5.74, 6) is -1.70. The number of aliphatic hydroxyl groups excluding tert-OH is 2. The summed E-state index contributed by atoms with van der Waals surface area (Å²) < 4.78 is 45.9. The van der Waals surface area contributed by atoms with Crippen molar-refractivity contribution in [3.63, 3.8) is 0 Å². The van der Waals surface area contributed by atoms with Gasteiger partial charge >= 0.3 is 5.97 Å². The summed E-state index contributed by atoms with van der Waals surface area (Å²) in [7, 11) is 5.61. The van der Waals surface area contributed by atoms with Crippen LogP contribution in [0.2, 0.25) is 0 Å². The van der Waals surface area contributed by atoms with Crippen molar-refractivity contribution in [2.75, 3.05) is 21.2 Å². The molecule has 18 atom stereocenters. The van der Waals surface area contributed by atoms with Gasteiger partial charge in [-0.05, 0) is 74.4 Å². The fraction of sp³-hybridized carbons (Fsp3) is 0.974. The number of hydrogen-bond acceptors (Lipinski definition) is 11. The molecule has 2 N–H and O–H groups in total. The molecule has 11 heteroatoms. The lowest BCUT2D eigenvalue weighted by Gasteiger charge is -2.49. The van der Waals surface area contributed by atoms with Crippen molar-refractivity contribution >= 4 is 5.97 Å². The van der Waals surface area contributed by atoms with E-state index in [0.29, 0.717) is 19.3 Å². The molecule has 4 heterocycles. The molecule has 13 unspecified atom stereocenters. The van der Waals surface area contributed by atoms with Crippen LogP contribution in [0.1, 0.15) is 102 Å². The van der Waals surface area contributed by atoms with E-state index in [1.165, 1.54) is 0 Å². The highest BCUT2D eigenvalue weighted by Gasteiger charge is 2.57. The second-order valence-electron chi connectivity index (χ2n) is 17.4. The average Bonchev–Trinajstić information content (AvgIpc) is 3.34. The number of nitrogens with zero attached hydrogens (tertiary/aromatic N) is 1. The third-order valence-corrected chi connectivity index (χ3v) is 13.2. The maximum atomic E-state index is 14.1. The Kier molecular flexibility index (Phi) is 12.7. The minimum atomic E-state index is -0.942. The van der Waals surface area contributed by atoms with Crippen LogP contribution < -0.4 is 0 Å². The SMILES string of the molecule is COC1(C)CC(OC2[C@H](C)C(OC3O[C@H](C)CC(N(C)C)C3O)C3(C)CC(C)C(O3)[C@H](C)C(O)C(C)(C)C(C)OC(=O)[C@@H]2C)O[C@@H](C)C1C. The van der Waals surface area contributed by atoms with Crippen LogP contribution in [0.4, 0.5) is 0 Å². The van der Waals surface area contributed by atoms with E-state index in [2.05, 4.69) is 20.8 Å². The lowest BCUT2D eigenvalue weighted by molar-refractivity contribution is -0.315. The quantitative estimate of drug-likeness (QED) is 0.372. The summed E-state index contributed by atoms with van der Waals surface area (Å²) in [5.41, 5.74) is -2.14. The van der Waals surface area contributed by atoms with Crippen LogP contribution in [0.3, 0.4) is 0 Å². The molecule has 0 saturated carbocycles. The highest BCUT2D eigenvalue weighted by Crippen LogP contribution is 2.49. The molecule has 0 spiro atoms. The second-order valence-corrected chi connectivity index (χ2v) is 17.4. The first-order valence-electron chi connectivity index (χ1n) is 18.7. The molecule has 0 radical (unpaired) electrons.